The monoisotopic (exact) mass is 278 g/mol. The molecule has 0 radical (unpaired) electrons. The van der Waals surface area contributed by atoms with Crippen molar-refractivity contribution in [3.05, 3.63) is 40.7 Å². The van der Waals surface area contributed by atoms with E-state index in [1.807, 2.05) is 6.07 Å². The molecule has 0 saturated carbocycles. The molecule has 2 aromatic rings. The molecule has 1 atom stereocenters. The Morgan fingerprint density at radius 2 is 2.21 bits per heavy atom. The predicted octanol–water partition coefficient (Wildman–Crippen LogP) is 4.32. The summed E-state index contributed by atoms with van der Waals surface area (Å²) in [5.41, 5.74) is 2.69. The Morgan fingerprint density at radius 1 is 1.42 bits per heavy atom. The molecule has 0 bridgehead atoms. The van der Waals surface area contributed by atoms with E-state index in [1.54, 1.807) is 24.3 Å². The standard InChI is InChI=1S/C15H19FN2S/c1-4-7-17-11(3)14-9-19-15(18-14)12-5-6-13(16)10(2)8-12/h5-6,8-9,11,17H,4,7H2,1-3H3. The third-order valence-corrected chi connectivity index (χ3v) is 3.98. The van der Waals surface area contributed by atoms with Gasteiger partial charge in [-0.2, -0.15) is 0 Å². The molecule has 1 aromatic heterocycles. The number of nitrogens with zero attached hydrogens (tertiary/aromatic N) is 1. The third kappa shape index (κ3) is 3.39. The van der Waals surface area contributed by atoms with Crippen LogP contribution in [0.5, 0.6) is 0 Å². The van der Waals surface area contributed by atoms with Gasteiger partial charge in [0.05, 0.1) is 5.69 Å². The number of aryl methyl sites for hydroxylation is 1. The molecule has 0 spiro atoms. The summed E-state index contributed by atoms with van der Waals surface area (Å²) in [6.45, 7) is 7.03. The molecule has 102 valence electrons. The first-order valence-corrected chi connectivity index (χ1v) is 7.45. The molecule has 2 rings (SSSR count). The van der Waals surface area contributed by atoms with Crippen LogP contribution < -0.4 is 5.32 Å². The normalized spacial score (nSPS) is 12.6. The van der Waals surface area contributed by atoms with E-state index in [1.165, 1.54) is 6.07 Å². The maximum absolute atomic E-state index is 13.3. The second-order valence-corrected chi connectivity index (χ2v) is 5.58. The summed E-state index contributed by atoms with van der Waals surface area (Å²) < 4.78 is 13.3. The van der Waals surface area contributed by atoms with Crippen LogP contribution in [-0.2, 0) is 0 Å². The highest BCUT2D eigenvalue weighted by atomic mass is 32.1. The van der Waals surface area contributed by atoms with E-state index in [9.17, 15) is 4.39 Å². The van der Waals surface area contributed by atoms with Crippen molar-refractivity contribution >= 4 is 11.3 Å². The van der Waals surface area contributed by atoms with Gasteiger partial charge < -0.3 is 5.32 Å². The van der Waals surface area contributed by atoms with E-state index < -0.39 is 0 Å². The lowest BCUT2D eigenvalue weighted by Crippen LogP contribution is -2.19. The smallest absolute Gasteiger partial charge is 0.126 e. The fourth-order valence-corrected chi connectivity index (χ4v) is 2.77. The topological polar surface area (TPSA) is 24.9 Å². The van der Waals surface area contributed by atoms with Crippen LogP contribution in [-0.4, -0.2) is 11.5 Å². The molecule has 1 heterocycles. The second kappa shape index (κ2) is 6.26. The highest BCUT2D eigenvalue weighted by Gasteiger charge is 2.11. The zero-order chi connectivity index (χ0) is 13.8. The largest absolute Gasteiger partial charge is 0.309 e. The SMILES string of the molecule is CCCNC(C)c1csc(-c2ccc(F)c(C)c2)n1. The van der Waals surface area contributed by atoms with E-state index in [-0.39, 0.29) is 11.9 Å². The first kappa shape index (κ1) is 14.2. The van der Waals surface area contributed by atoms with Gasteiger partial charge >= 0.3 is 0 Å². The number of thiazole rings is 1. The molecule has 0 aliphatic carbocycles. The van der Waals surface area contributed by atoms with Gasteiger partial charge in [-0.05, 0) is 50.6 Å². The summed E-state index contributed by atoms with van der Waals surface area (Å²) in [6, 6.07) is 5.40. The number of hydrogen-bond donors (Lipinski definition) is 1. The highest BCUT2D eigenvalue weighted by Crippen LogP contribution is 2.27. The number of nitrogens with one attached hydrogen (secondary N) is 1. The number of hydrogen-bond acceptors (Lipinski definition) is 3. The van der Waals surface area contributed by atoms with E-state index in [0.29, 0.717) is 5.56 Å². The van der Waals surface area contributed by atoms with Crippen molar-refractivity contribution in [3.63, 3.8) is 0 Å². The van der Waals surface area contributed by atoms with Crippen molar-refractivity contribution in [2.75, 3.05) is 6.54 Å². The third-order valence-electron chi connectivity index (χ3n) is 3.07. The summed E-state index contributed by atoms with van der Waals surface area (Å²) in [5, 5.41) is 6.44. The van der Waals surface area contributed by atoms with Crippen LogP contribution >= 0.6 is 11.3 Å². The quantitative estimate of drug-likeness (QED) is 0.881. The highest BCUT2D eigenvalue weighted by molar-refractivity contribution is 7.13. The molecule has 1 aromatic carbocycles. The van der Waals surface area contributed by atoms with Gasteiger partial charge in [-0.25, -0.2) is 9.37 Å². The van der Waals surface area contributed by atoms with Gasteiger partial charge in [0.1, 0.15) is 10.8 Å². The summed E-state index contributed by atoms with van der Waals surface area (Å²) in [6.07, 6.45) is 1.11. The van der Waals surface area contributed by atoms with Crippen LogP contribution in [0.2, 0.25) is 0 Å². The van der Waals surface area contributed by atoms with E-state index in [2.05, 4.69) is 29.5 Å². The lowest BCUT2D eigenvalue weighted by Gasteiger charge is -2.09. The van der Waals surface area contributed by atoms with Gasteiger partial charge in [-0.3, -0.25) is 0 Å². The van der Waals surface area contributed by atoms with Gasteiger partial charge in [0.2, 0.25) is 0 Å². The molecule has 0 aliphatic rings. The first-order valence-electron chi connectivity index (χ1n) is 6.57. The van der Waals surface area contributed by atoms with Gasteiger partial charge in [-0.15, -0.1) is 11.3 Å². The van der Waals surface area contributed by atoms with Crippen molar-refractivity contribution in [1.82, 2.24) is 10.3 Å². The molecular weight excluding hydrogens is 259 g/mol. The van der Waals surface area contributed by atoms with E-state index >= 15 is 0 Å². The number of aromatic nitrogens is 1. The molecule has 0 saturated heterocycles. The first-order chi connectivity index (χ1) is 9.11. The Morgan fingerprint density at radius 3 is 2.89 bits per heavy atom. The van der Waals surface area contributed by atoms with Crippen LogP contribution in [0.1, 0.15) is 37.6 Å². The minimum absolute atomic E-state index is 0.168. The van der Waals surface area contributed by atoms with E-state index in [4.69, 9.17) is 0 Å². The lowest BCUT2D eigenvalue weighted by atomic mass is 10.1. The summed E-state index contributed by atoms with van der Waals surface area (Å²) in [7, 11) is 0. The molecule has 19 heavy (non-hydrogen) atoms. The van der Waals surface area contributed by atoms with Crippen molar-refractivity contribution in [2.24, 2.45) is 0 Å². The Bertz CT molecular complexity index is 551. The van der Waals surface area contributed by atoms with Crippen molar-refractivity contribution in [1.29, 1.82) is 0 Å². The van der Waals surface area contributed by atoms with Crippen LogP contribution in [0, 0.1) is 12.7 Å². The molecule has 4 heteroatoms. The van der Waals surface area contributed by atoms with E-state index in [0.717, 1.165) is 29.2 Å². The van der Waals surface area contributed by atoms with Gasteiger partial charge in [-0.1, -0.05) is 6.92 Å². The molecule has 2 nitrogen and oxygen atoms in total. The number of halogens is 1. The molecule has 0 amide bonds. The minimum Gasteiger partial charge on any atom is -0.309 e. The maximum atomic E-state index is 13.3. The van der Waals surface area contributed by atoms with Crippen LogP contribution in [0.15, 0.2) is 23.6 Å². The Labute approximate surface area is 117 Å². The van der Waals surface area contributed by atoms with Crippen molar-refractivity contribution < 1.29 is 4.39 Å². The summed E-state index contributed by atoms with van der Waals surface area (Å²) in [5.74, 6) is -0.168. The Balaban J connectivity index is 2.18. The summed E-state index contributed by atoms with van der Waals surface area (Å²) in [4.78, 5) is 4.64. The van der Waals surface area contributed by atoms with Crippen LogP contribution in [0.25, 0.3) is 10.6 Å². The average Bonchev–Trinajstić information content (AvgIpc) is 2.89. The average molecular weight is 278 g/mol. The Hall–Kier alpha value is -1.26. The number of rotatable bonds is 5. The van der Waals surface area contributed by atoms with Gasteiger partial charge in [0.25, 0.3) is 0 Å². The molecule has 0 fully saturated rings. The summed E-state index contributed by atoms with van der Waals surface area (Å²) >= 11 is 1.61. The zero-order valence-electron chi connectivity index (χ0n) is 11.5. The fraction of sp³-hybridized carbons (Fsp3) is 0.400. The van der Waals surface area contributed by atoms with Crippen LogP contribution in [0.4, 0.5) is 4.39 Å². The lowest BCUT2D eigenvalue weighted by molar-refractivity contribution is 0.561. The molecular formula is C15H19FN2S. The molecule has 1 N–H and O–H groups in total. The molecule has 0 aliphatic heterocycles. The molecule has 1 unspecified atom stereocenters. The predicted molar refractivity (Wildman–Crippen MR) is 79.0 cm³/mol. The van der Waals surface area contributed by atoms with Crippen molar-refractivity contribution in [3.8, 4) is 10.6 Å². The van der Waals surface area contributed by atoms with Crippen molar-refractivity contribution in [2.45, 2.75) is 33.2 Å². The minimum atomic E-state index is -0.168. The van der Waals surface area contributed by atoms with Gasteiger partial charge in [0, 0.05) is 17.0 Å². The maximum Gasteiger partial charge on any atom is 0.126 e. The second-order valence-electron chi connectivity index (χ2n) is 4.72. The zero-order valence-corrected chi connectivity index (χ0v) is 12.4. The Kier molecular flexibility index (Phi) is 4.66. The number of benzene rings is 1. The van der Waals surface area contributed by atoms with Gasteiger partial charge in [0.15, 0.2) is 0 Å². The van der Waals surface area contributed by atoms with Crippen LogP contribution in [0.3, 0.4) is 0 Å². The fourth-order valence-electron chi connectivity index (χ4n) is 1.86.